The molecule has 0 unspecified atom stereocenters. The lowest BCUT2D eigenvalue weighted by molar-refractivity contribution is -0.163. The van der Waals surface area contributed by atoms with Crippen LogP contribution < -0.4 is 0 Å². The SMILES string of the molecule is CC(C)c1cc(CN2CC[C@](Cc3ccccc3)(C(=O)O)[C@@H](O)C2)on1. The van der Waals surface area contributed by atoms with E-state index in [0.717, 1.165) is 17.0 Å². The normalized spacial score (nSPS) is 24.1. The molecule has 6 heteroatoms. The number of carboxylic acid groups (broad SMARTS) is 1. The Balaban J connectivity index is 1.69. The number of aromatic nitrogens is 1. The van der Waals surface area contributed by atoms with E-state index in [9.17, 15) is 15.0 Å². The Morgan fingerprint density at radius 3 is 2.69 bits per heavy atom. The first-order valence-electron chi connectivity index (χ1n) is 9.04. The average Bonchev–Trinajstić information content (AvgIpc) is 3.07. The van der Waals surface area contributed by atoms with Gasteiger partial charge in [-0.1, -0.05) is 49.3 Å². The standard InChI is InChI=1S/C20H26N2O4/c1-14(2)17-10-16(26-21-17)12-22-9-8-20(19(24)25,18(23)13-22)11-15-6-4-3-5-7-15/h3-7,10,14,18,23H,8-9,11-13H2,1-2H3,(H,24,25)/t18-,20+/m0/s1. The lowest BCUT2D eigenvalue weighted by Gasteiger charge is -2.42. The molecule has 140 valence electrons. The van der Waals surface area contributed by atoms with Crippen molar-refractivity contribution in [3.63, 3.8) is 0 Å². The van der Waals surface area contributed by atoms with Gasteiger partial charge in [-0.15, -0.1) is 0 Å². The van der Waals surface area contributed by atoms with E-state index in [1.165, 1.54) is 0 Å². The number of aliphatic carboxylic acids is 1. The van der Waals surface area contributed by atoms with Crippen molar-refractivity contribution in [1.29, 1.82) is 0 Å². The predicted molar refractivity (Wildman–Crippen MR) is 96.7 cm³/mol. The molecule has 1 aromatic heterocycles. The van der Waals surface area contributed by atoms with Crippen LogP contribution in [0.2, 0.25) is 0 Å². The fourth-order valence-electron chi connectivity index (χ4n) is 3.57. The van der Waals surface area contributed by atoms with E-state index in [-0.39, 0.29) is 0 Å². The van der Waals surface area contributed by atoms with Crippen molar-refractivity contribution in [1.82, 2.24) is 10.1 Å². The Bertz CT molecular complexity index is 743. The molecule has 1 aliphatic heterocycles. The van der Waals surface area contributed by atoms with Gasteiger partial charge in [0.05, 0.1) is 18.3 Å². The monoisotopic (exact) mass is 358 g/mol. The van der Waals surface area contributed by atoms with Crippen molar-refractivity contribution in [3.05, 3.63) is 53.4 Å². The van der Waals surface area contributed by atoms with Gasteiger partial charge in [0.1, 0.15) is 5.41 Å². The minimum Gasteiger partial charge on any atom is -0.481 e. The fraction of sp³-hybridized carbons (Fsp3) is 0.500. The number of carboxylic acids is 1. The first kappa shape index (κ1) is 18.6. The number of aliphatic hydroxyl groups is 1. The highest BCUT2D eigenvalue weighted by Gasteiger charge is 2.48. The molecule has 0 bridgehead atoms. The van der Waals surface area contributed by atoms with Crippen molar-refractivity contribution in [2.45, 2.75) is 45.3 Å². The highest BCUT2D eigenvalue weighted by Crippen LogP contribution is 2.36. The Morgan fingerprint density at radius 2 is 2.12 bits per heavy atom. The summed E-state index contributed by atoms with van der Waals surface area (Å²) in [5.74, 6) is 0.104. The summed E-state index contributed by atoms with van der Waals surface area (Å²) in [5, 5.41) is 24.6. The maximum atomic E-state index is 12.0. The number of β-amino-alcohol motifs (C(OH)–C–C–N with tert-alkyl or cyclic N) is 1. The van der Waals surface area contributed by atoms with Crippen LogP contribution in [0.4, 0.5) is 0 Å². The average molecular weight is 358 g/mol. The van der Waals surface area contributed by atoms with Gasteiger partial charge in [-0.2, -0.15) is 0 Å². The zero-order chi connectivity index (χ0) is 18.7. The Kier molecular flexibility index (Phi) is 5.44. The number of rotatable bonds is 6. The number of carbonyl (C=O) groups is 1. The molecule has 26 heavy (non-hydrogen) atoms. The Hall–Kier alpha value is -2.18. The van der Waals surface area contributed by atoms with E-state index in [4.69, 9.17) is 4.52 Å². The molecule has 1 aliphatic rings. The maximum absolute atomic E-state index is 12.0. The van der Waals surface area contributed by atoms with E-state index in [0.29, 0.717) is 38.4 Å². The van der Waals surface area contributed by atoms with E-state index in [1.54, 1.807) is 0 Å². The molecule has 0 radical (unpaired) electrons. The minimum absolute atomic E-state index is 0.296. The highest BCUT2D eigenvalue weighted by atomic mass is 16.5. The van der Waals surface area contributed by atoms with Crippen LogP contribution >= 0.6 is 0 Å². The molecule has 2 N–H and O–H groups in total. The molecule has 3 rings (SSSR count). The molecule has 0 spiro atoms. The summed E-state index contributed by atoms with van der Waals surface area (Å²) < 4.78 is 5.37. The summed E-state index contributed by atoms with van der Waals surface area (Å²) in [6, 6.07) is 11.4. The zero-order valence-electron chi connectivity index (χ0n) is 15.3. The number of hydrogen-bond donors (Lipinski definition) is 2. The number of hydrogen-bond acceptors (Lipinski definition) is 5. The van der Waals surface area contributed by atoms with Crippen molar-refractivity contribution >= 4 is 5.97 Å². The molecule has 1 aromatic carbocycles. The van der Waals surface area contributed by atoms with Gasteiger partial charge in [0.15, 0.2) is 5.76 Å². The third kappa shape index (κ3) is 3.81. The number of piperidine rings is 1. The summed E-state index contributed by atoms with van der Waals surface area (Å²) in [7, 11) is 0. The third-order valence-electron chi connectivity index (χ3n) is 5.28. The van der Waals surface area contributed by atoms with Gasteiger partial charge in [0.25, 0.3) is 0 Å². The first-order chi connectivity index (χ1) is 12.4. The van der Waals surface area contributed by atoms with Gasteiger partial charge in [-0.3, -0.25) is 9.69 Å². The number of aliphatic hydroxyl groups excluding tert-OH is 1. The summed E-state index contributed by atoms with van der Waals surface area (Å²) in [6.07, 6.45) is -0.219. The smallest absolute Gasteiger partial charge is 0.312 e. The van der Waals surface area contributed by atoms with E-state index >= 15 is 0 Å². The minimum atomic E-state index is -1.15. The van der Waals surface area contributed by atoms with Crippen LogP contribution in [0, 0.1) is 5.41 Å². The van der Waals surface area contributed by atoms with Gasteiger partial charge in [-0.25, -0.2) is 0 Å². The molecule has 6 nitrogen and oxygen atoms in total. The quantitative estimate of drug-likeness (QED) is 0.826. The second-order valence-electron chi connectivity index (χ2n) is 7.50. The van der Waals surface area contributed by atoms with Crippen LogP contribution in [-0.4, -0.2) is 45.4 Å². The van der Waals surface area contributed by atoms with Crippen LogP contribution in [0.15, 0.2) is 40.9 Å². The van der Waals surface area contributed by atoms with E-state index < -0.39 is 17.5 Å². The molecular weight excluding hydrogens is 332 g/mol. The molecule has 0 aliphatic carbocycles. The van der Waals surface area contributed by atoms with E-state index in [1.807, 2.05) is 41.3 Å². The Labute approximate surface area is 153 Å². The van der Waals surface area contributed by atoms with Gasteiger partial charge in [0.2, 0.25) is 0 Å². The van der Waals surface area contributed by atoms with Crippen molar-refractivity contribution in [2.24, 2.45) is 5.41 Å². The molecular formula is C20H26N2O4. The van der Waals surface area contributed by atoms with Crippen LogP contribution in [0.5, 0.6) is 0 Å². The third-order valence-corrected chi connectivity index (χ3v) is 5.28. The van der Waals surface area contributed by atoms with Crippen molar-refractivity contribution in [2.75, 3.05) is 13.1 Å². The maximum Gasteiger partial charge on any atom is 0.312 e. The van der Waals surface area contributed by atoms with Crippen LogP contribution in [0.25, 0.3) is 0 Å². The van der Waals surface area contributed by atoms with Crippen molar-refractivity contribution < 1.29 is 19.5 Å². The first-order valence-corrected chi connectivity index (χ1v) is 9.04. The van der Waals surface area contributed by atoms with Gasteiger partial charge < -0.3 is 14.7 Å². The largest absolute Gasteiger partial charge is 0.481 e. The molecule has 0 saturated carbocycles. The van der Waals surface area contributed by atoms with Crippen LogP contribution in [0.3, 0.4) is 0 Å². The van der Waals surface area contributed by atoms with Gasteiger partial charge in [0, 0.05) is 12.6 Å². The van der Waals surface area contributed by atoms with E-state index in [2.05, 4.69) is 19.0 Å². The molecule has 1 saturated heterocycles. The molecule has 0 amide bonds. The lowest BCUT2D eigenvalue weighted by atomic mass is 9.71. The molecule has 1 fully saturated rings. The zero-order valence-corrected chi connectivity index (χ0v) is 15.3. The fourth-order valence-corrected chi connectivity index (χ4v) is 3.57. The lowest BCUT2D eigenvalue weighted by Crippen LogP contribution is -2.55. The summed E-state index contributed by atoms with van der Waals surface area (Å²) in [4.78, 5) is 14.1. The number of benzene rings is 1. The summed E-state index contributed by atoms with van der Waals surface area (Å²) >= 11 is 0. The summed E-state index contributed by atoms with van der Waals surface area (Å²) in [6.45, 7) is 5.52. The predicted octanol–water partition coefficient (Wildman–Crippen LogP) is 2.68. The summed E-state index contributed by atoms with van der Waals surface area (Å²) in [5.41, 5.74) is 0.684. The topological polar surface area (TPSA) is 86.8 Å². The molecule has 2 aromatic rings. The Morgan fingerprint density at radius 1 is 1.38 bits per heavy atom. The number of nitrogens with zero attached hydrogens (tertiary/aromatic N) is 2. The van der Waals surface area contributed by atoms with Crippen molar-refractivity contribution in [3.8, 4) is 0 Å². The second kappa shape index (κ2) is 7.60. The second-order valence-corrected chi connectivity index (χ2v) is 7.50. The highest BCUT2D eigenvalue weighted by molar-refractivity contribution is 5.76. The number of likely N-dealkylation sites (tertiary alicyclic amines) is 1. The van der Waals surface area contributed by atoms with Crippen LogP contribution in [0.1, 0.15) is 43.2 Å². The molecule has 2 atom stereocenters. The van der Waals surface area contributed by atoms with Crippen LogP contribution in [-0.2, 0) is 17.8 Å². The molecule has 2 heterocycles. The van der Waals surface area contributed by atoms with Gasteiger partial charge >= 0.3 is 5.97 Å². The van der Waals surface area contributed by atoms with Gasteiger partial charge in [-0.05, 0) is 30.9 Å².